The van der Waals surface area contributed by atoms with Gasteiger partial charge >= 0.3 is 8.74 Å². The van der Waals surface area contributed by atoms with Crippen molar-refractivity contribution in [3.8, 4) is 0 Å². The molecule has 0 bridgehead atoms. The summed E-state index contributed by atoms with van der Waals surface area (Å²) >= 11 is 0. The highest BCUT2D eigenvalue weighted by molar-refractivity contribution is 6.82. The first kappa shape index (κ1) is 12.4. The zero-order valence-electron chi connectivity index (χ0n) is 9.99. The third-order valence-electron chi connectivity index (χ3n) is 2.81. The highest BCUT2D eigenvalue weighted by Gasteiger charge is 2.50. The van der Waals surface area contributed by atoms with E-state index in [-0.39, 0.29) is 5.19 Å². The minimum absolute atomic E-state index is 0.248. The Morgan fingerprint density at radius 2 is 1.53 bits per heavy atom. The number of rotatable bonds is 1. The van der Waals surface area contributed by atoms with Crippen LogP contribution in [-0.2, 0) is 0 Å². The first-order valence-corrected chi connectivity index (χ1v) is 6.87. The largest absolute Gasteiger partial charge is 0.460 e. The van der Waals surface area contributed by atoms with E-state index in [1.807, 2.05) is 13.8 Å². The number of aryl methyl sites for hydroxylation is 2. The summed E-state index contributed by atoms with van der Waals surface area (Å²) < 4.78 is 28.2. The van der Waals surface area contributed by atoms with Crippen LogP contribution in [0.25, 0.3) is 0 Å². The number of benzene rings is 1. The van der Waals surface area contributed by atoms with Crippen LogP contribution in [0.2, 0.25) is 5.04 Å². The van der Waals surface area contributed by atoms with E-state index in [0.29, 0.717) is 0 Å². The van der Waals surface area contributed by atoms with Crippen molar-refractivity contribution in [1.29, 1.82) is 0 Å². The van der Waals surface area contributed by atoms with Gasteiger partial charge in [0.2, 0.25) is 0 Å². The van der Waals surface area contributed by atoms with Crippen molar-refractivity contribution in [2.75, 3.05) is 0 Å². The molecule has 0 nitrogen and oxygen atoms in total. The number of halogens is 2. The SMILES string of the molecule is Cc1ccc([Si](F)(F)C(C)(C)C)cc1C. The summed E-state index contributed by atoms with van der Waals surface area (Å²) in [5.74, 6) is 0. The average molecular weight is 228 g/mol. The Labute approximate surface area is 91.7 Å². The summed E-state index contributed by atoms with van der Waals surface area (Å²) in [5.41, 5.74) is 2.02. The zero-order chi connectivity index (χ0) is 11.9. The van der Waals surface area contributed by atoms with Gasteiger partial charge in [-0.2, -0.15) is 0 Å². The molecule has 3 heteroatoms. The van der Waals surface area contributed by atoms with Gasteiger partial charge in [0.15, 0.2) is 0 Å². The highest BCUT2D eigenvalue weighted by atomic mass is 28.4. The van der Waals surface area contributed by atoms with Gasteiger partial charge in [-0.3, -0.25) is 8.22 Å². The van der Waals surface area contributed by atoms with Crippen LogP contribution in [0.1, 0.15) is 31.9 Å². The first-order valence-electron chi connectivity index (χ1n) is 5.12. The maximum absolute atomic E-state index is 14.1. The van der Waals surface area contributed by atoms with E-state index in [4.69, 9.17) is 0 Å². The van der Waals surface area contributed by atoms with Crippen molar-refractivity contribution < 1.29 is 8.22 Å². The van der Waals surface area contributed by atoms with Gasteiger partial charge in [0.1, 0.15) is 0 Å². The van der Waals surface area contributed by atoms with Crippen LogP contribution in [0.4, 0.5) is 8.22 Å². The Morgan fingerprint density at radius 3 is 1.93 bits per heavy atom. The summed E-state index contributed by atoms with van der Waals surface area (Å²) in [6.45, 7) is 8.68. The predicted molar refractivity (Wildman–Crippen MR) is 63.2 cm³/mol. The fraction of sp³-hybridized carbons (Fsp3) is 0.500. The standard InChI is InChI=1S/C12H18F2Si/c1-9-6-7-11(8-10(9)2)15(13,14)12(3,4)5/h6-8H,1-5H3. The second-order valence-corrected chi connectivity index (χ2v) is 8.35. The van der Waals surface area contributed by atoms with Crippen molar-refractivity contribution in [3.63, 3.8) is 0 Å². The summed E-state index contributed by atoms with van der Waals surface area (Å²) in [6.07, 6.45) is 0. The molecule has 15 heavy (non-hydrogen) atoms. The lowest BCUT2D eigenvalue weighted by Crippen LogP contribution is -2.47. The lowest BCUT2D eigenvalue weighted by Gasteiger charge is -2.27. The molecule has 0 aliphatic heterocycles. The number of hydrogen-bond donors (Lipinski definition) is 0. The van der Waals surface area contributed by atoms with Crippen molar-refractivity contribution in [1.82, 2.24) is 0 Å². The van der Waals surface area contributed by atoms with Crippen LogP contribution in [0.15, 0.2) is 18.2 Å². The van der Waals surface area contributed by atoms with Crippen LogP contribution < -0.4 is 5.19 Å². The summed E-state index contributed by atoms with van der Waals surface area (Å²) in [7, 11) is -4.34. The van der Waals surface area contributed by atoms with E-state index < -0.39 is 13.8 Å². The Hall–Kier alpha value is -0.703. The molecule has 1 rings (SSSR count). The average Bonchev–Trinajstić information content (AvgIpc) is 2.07. The Morgan fingerprint density at radius 1 is 1.00 bits per heavy atom. The van der Waals surface area contributed by atoms with Crippen LogP contribution in [-0.4, -0.2) is 8.74 Å². The maximum Gasteiger partial charge on any atom is 0.460 e. The van der Waals surface area contributed by atoms with Gasteiger partial charge < -0.3 is 0 Å². The molecule has 0 unspecified atom stereocenters. The molecular formula is C12H18F2Si. The van der Waals surface area contributed by atoms with E-state index in [1.54, 1.807) is 39.0 Å². The third-order valence-corrected chi connectivity index (χ3v) is 5.73. The molecule has 1 aromatic rings. The molecule has 0 aliphatic rings. The molecule has 1 aromatic carbocycles. The molecule has 84 valence electrons. The van der Waals surface area contributed by atoms with Crippen molar-refractivity contribution in [3.05, 3.63) is 29.3 Å². The van der Waals surface area contributed by atoms with Crippen molar-refractivity contribution in [2.24, 2.45) is 0 Å². The second-order valence-electron chi connectivity index (χ2n) is 5.12. The molecule has 0 fully saturated rings. The van der Waals surface area contributed by atoms with Gasteiger partial charge in [0.25, 0.3) is 0 Å². The predicted octanol–water partition coefficient (Wildman–Crippen LogP) is 3.69. The fourth-order valence-corrected chi connectivity index (χ4v) is 2.93. The molecule has 0 aliphatic carbocycles. The van der Waals surface area contributed by atoms with Crippen LogP contribution in [0.3, 0.4) is 0 Å². The molecule has 0 heterocycles. The topological polar surface area (TPSA) is 0 Å². The van der Waals surface area contributed by atoms with Gasteiger partial charge in [-0.15, -0.1) is 0 Å². The summed E-state index contributed by atoms with van der Waals surface area (Å²) in [4.78, 5) is 0. The monoisotopic (exact) mass is 228 g/mol. The van der Waals surface area contributed by atoms with Gasteiger partial charge in [0.05, 0.1) is 0 Å². The molecule has 0 aromatic heterocycles. The summed E-state index contributed by atoms with van der Waals surface area (Å²) in [6, 6.07) is 5.02. The smallest absolute Gasteiger partial charge is 0.264 e. The quantitative estimate of drug-likeness (QED) is 0.508. The molecule has 0 saturated carbocycles. The van der Waals surface area contributed by atoms with Crippen LogP contribution in [0, 0.1) is 13.8 Å². The molecule has 0 amide bonds. The van der Waals surface area contributed by atoms with Crippen LogP contribution >= 0.6 is 0 Å². The van der Waals surface area contributed by atoms with Gasteiger partial charge in [-0.1, -0.05) is 39.0 Å². The Kier molecular flexibility index (Phi) is 3.05. The highest BCUT2D eigenvalue weighted by Crippen LogP contribution is 2.37. The second kappa shape index (κ2) is 3.70. The fourth-order valence-electron chi connectivity index (χ4n) is 1.37. The van der Waals surface area contributed by atoms with E-state index in [2.05, 4.69) is 0 Å². The minimum atomic E-state index is -4.34. The molecule has 0 N–H and O–H groups in total. The molecule has 0 spiro atoms. The first-order chi connectivity index (χ1) is 6.66. The van der Waals surface area contributed by atoms with E-state index in [9.17, 15) is 8.22 Å². The lowest BCUT2D eigenvalue weighted by atomic mass is 10.1. The van der Waals surface area contributed by atoms with E-state index in [1.165, 1.54) is 0 Å². The van der Waals surface area contributed by atoms with Gasteiger partial charge in [0, 0.05) is 10.2 Å². The Bertz CT molecular complexity index is 364. The molecule has 0 saturated heterocycles. The van der Waals surface area contributed by atoms with Gasteiger partial charge in [-0.25, -0.2) is 0 Å². The molecular weight excluding hydrogens is 210 g/mol. The van der Waals surface area contributed by atoms with Crippen molar-refractivity contribution in [2.45, 2.75) is 39.7 Å². The van der Waals surface area contributed by atoms with E-state index in [0.717, 1.165) is 11.1 Å². The molecule has 0 atom stereocenters. The Balaban J connectivity index is 3.22. The van der Waals surface area contributed by atoms with Crippen molar-refractivity contribution >= 4 is 13.9 Å². The number of hydrogen-bond acceptors (Lipinski definition) is 0. The lowest BCUT2D eigenvalue weighted by molar-refractivity contribution is 0.519. The van der Waals surface area contributed by atoms with Crippen LogP contribution in [0.5, 0.6) is 0 Å². The van der Waals surface area contributed by atoms with Gasteiger partial charge in [-0.05, 0) is 25.0 Å². The third kappa shape index (κ3) is 2.28. The normalized spacial score (nSPS) is 13.0. The van der Waals surface area contributed by atoms with E-state index >= 15 is 0 Å². The minimum Gasteiger partial charge on any atom is -0.264 e. The zero-order valence-corrected chi connectivity index (χ0v) is 11.0. The molecule has 0 radical (unpaired) electrons. The summed E-state index contributed by atoms with van der Waals surface area (Å²) in [5, 5.41) is -0.660. The maximum atomic E-state index is 14.1.